The van der Waals surface area contributed by atoms with Gasteiger partial charge >= 0.3 is 6.18 Å². The minimum atomic E-state index is -4.66. The fraction of sp³-hybridized carbons (Fsp3) is 0.250. The van der Waals surface area contributed by atoms with Crippen LogP contribution in [-0.4, -0.2) is 12.0 Å². The van der Waals surface area contributed by atoms with Gasteiger partial charge in [0, 0.05) is 12.1 Å². The minimum Gasteiger partial charge on any atom is -0.401 e. The van der Waals surface area contributed by atoms with E-state index in [1.807, 2.05) is 0 Å². The first-order valence-corrected chi connectivity index (χ1v) is 5.06. The Bertz CT molecular complexity index is 476. The SMILES string of the molecule is NC1=C(C(F)(F)F)C(=O)C(c2ccccc2)C1. The molecule has 1 aliphatic rings. The van der Waals surface area contributed by atoms with Gasteiger partial charge < -0.3 is 5.73 Å². The molecular formula is C12H10F3NO. The zero-order chi connectivity index (χ0) is 12.6. The number of alkyl halides is 3. The van der Waals surface area contributed by atoms with Gasteiger partial charge in [0.25, 0.3) is 0 Å². The van der Waals surface area contributed by atoms with Crippen molar-refractivity contribution in [2.24, 2.45) is 5.73 Å². The molecule has 0 amide bonds. The summed E-state index contributed by atoms with van der Waals surface area (Å²) >= 11 is 0. The first-order chi connectivity index (χ1) is 7.91. The molecule has 2 N–H and O–H groups in total. The minimum absolute atomic E-state index is 0.0578. The summed E-state index contributed by atoms with van der Waals surface area (Å²) in [5.74, 6) is -1.73. The highest BCUT2D eigenvalue weighted by Crippen LogP contribution is 2.41. The maximum absolute atomic E-state index is 12.6. The Hall–Kier alpha value is -1.78. The first-order valence-electron chi connectivity index (χ1n) is 5.06. The van der Waals surface area contributed by atoms with Gasteiger partial charge in [0.15, 0.2) is 5.78 Å². The predicted octanol–water partition coefficient (Wildman–Crippen LogP) is 2.52. The zero-order valence-corrected chi connectivity index (χ0v) is 8.79. The van der Waals surface area contributed by atoms with Gasteiger partial charge in [0.2, 0.25) is 0 Å². The van der Waals surface area contributed by atoms with E-state index in [2.05, 4.69) is 0 Å². The molecule has 5 heteroatoms. The monoisotopic (exact) mass is 241 g/mol. The molecule has 2 nitrogen and oxygen atoms in total. The summed E-state index contributed by atoms with van der Waals surface area (Å²) in [6, 6.07) is 8.38. The number of Topliss-reactive ketones (excluding diaryl/α,β-unsaturated/α-hetero) is 1. The average molecular weight is 241 g/mol. The molecule has 90 valence electrons. The highest BCUT2D eigenvalue weighted by molar-refractivity contribution is 6.04. The van der Waals surface area contributed by atoms with E-state index in [9.17, 15) is 18.0 Å². The van der Waals surface area contributed by atoms with Crippen LogP contribution < -0.4 is 5.73 Å². The molecule has 0 saturated heterocycles. The third kappa shape index (κ3) is 2.05. The van der Waals surface area contributed by atoms with Crippen LogP contribution in [-0.2, 0) is 4.79 Å². The fourth-order valence-corrected chi connectivity index (χ4v) is 2.02. The van der Waals surface area contributed by atoms with E-state index in [-0.39, 0.29) is 12.1 Å². The quantitative estimate of drug-likeness (QED) is 0.820. The number of allylic oxidation sites excluding steroid dienone is 2. The van der Waals surface area contributed by atoms with Crippen molar-refractivity contribution in [2.75, 3.05) is 0 Å². The number of carbonyl (C=O) groups excluding carboxylic acids is 1. The first kappa shape index (κ1) is 11.7. The zero-order valence-electron chi connectivity index (χ0n) is 8.79. The molecule has 1 aromatic rings. The van der Waals surface area contributed by atoms with Gasteiger partial charge in [-0.15, -0.1) is 0 Å². The smallest absolute Gasteiger partial charge is 0.401 e. The standard InChI is InChI=1S/C12H10F3NO/c13-12(14,15)10-9(16)6-8(11(10)17)7-4-2-1-3-5-7/h1-5,8H,6,16H2. The van der Waals surface area contributed by atoms with Crippen molar-refractivity contribution in [3.05, 3.63) is 47.2 Å². The molecular weight excluding hydrogens is 231 g/mol. The van der Waals surface area contributed by atoms with Gasteiger partial charge in [-0.25, -0.2) is 0 Å². The van der Waals surface area contributed by atoms with Crippen LogP contribution in [0.1, 0.15) is 17.9 Å². The van der Waals surface area contributed by atoms with Gasteiger partial charge in [-0.3, -0.25) is 4.79 Å². The number of hydrogen-bond donors (Lipinski definition) is 1. The number of nitrogens with two attached hydrogens (primary N) is 1. The van der Waals surface area contributed by atoms with E-state index in [1.54, 1.807) is 30.3 Å². The Morgan fingerprint density at radius 1 is 1.18 bits per heavy atom. The van der Waals surface area contributed by atoms with Crippen LogP contribution in [0.3, 0.4) is 0 Å². The number of benzene rings is 1. The normalized spacial score (nSPS) is 21.1. The molecule has 1 aromatic carbocycles. The Morgan fingerprint density at radius 2 is 1.76 bits per heavy atom. The molecule has 1 atom stereocenters. The van der Waals surface area contributed by atoms with Gasteiger partial charge in [-0.05, 0) is 5.56 Å². The van der Waals surface area contributed by atoms with Crippen LogP contribution in [0, 0.1) is 0 Å². The second kappa shape index (κ2) is 3.91. The van der Waals surface area contributed by atoms with Crippen molar-refractivity contribution < 1.29 is 18.0 Å². The molecule has 0 bridgehead atoms. The Morgan fingerprint density at radius 3 is 2.24 bits per heavy atom. The largest absolute Gasteiger partial charge is 0.421 e. The third-order valence-electron chi connectivity index (χ3n) is 2.79. The average Bonchev–Trinajstić information content (AvgIpc) is 2.54. The van der Waals surface area contributed by atoms with Crippen molar-refractivity contribution in [2.45, 2.75) is 18.5 Å². The second-order valence-corrected chi connectivity index (χ2v) is 3.93. The van der Waals surface area contributed by atoms with Crippen LogP contribution in [0.4, 0.5) is 13.2 Å². The lowest BCUT2D eigenvalue weighted by molar-refractivity contribution is -0.128. The van der Waals surface area contributed by atoms with Crippen LogP contribution in [0.15, 0.2) is 41.6 Å². The van der Waals surface area contributed by atoms with E-state index in [4.69, 9.17) is 5.73 Å². The highest BCUT2D eigenvalue weighted by Gasteiger charge is 2.47. The summed E-state index contributed by atoms with van der Waals surface area (Å²) in [5, 5.41) is 0. The topological polar surface area (TPSA) is 43.1 Å². The maximum atomic E-state index is 12.6. The second-order valence-electron chi connectivity index (χ2n) is 3.93. The summed E-state index contributed by atoms with van der Waals surface area (Å²) in [6.07, 6.45) is -4.72. The maximum Gasteiger partial charge on any atom is 0.421 e. The highest BCUT2D eigenvalue weighted by atomic mass is 19.4. The fourth-order valence-electron chi connectivity index (χ4n) is 2.02. The summed E-state index contributed by atoms with van der Waals surface area (Å²) in [6.45, 7) is 0. The van der Waals surface area contributed by atoms with Gasteiger partial charge in [0.1, 0.15) is 5.57 Å². The molecule has 0 aliphatic heterocycles. The van der Waals surface area contributed by atoms with Crippen molar-refractivity contribution in [3.63, 3.8) is 0 Å². The van der Waals surface area contributed by atoms with Crippen molar-refractivity contribution in [1.29, 1.82) is 0 Å². The van der Waals surface area contributed by atoms with Crippen LogP contribution in [0.5, 0.6) is 0 Å². The van der Waals surface area contributed by atoms with E-state index in [0.29, 0.717) is 5.56 Å². The molecule has 0 spiro atoms. The molecule has 0 aromatic heterocycles. The van der Waals surface area contributed by atoms with Gasteiger partial charge in [0.05, 0.1) is 5.92 Å². The summed E-state index contributed by atoms with van der Waals surface area (Å²) in [7, 11) is 0. The predicted molar refractivity (Wildman–Crippen MR) is 56.1 cm³/mol. The lowest BCUT2D eigenvalue weighted by Gasteiger charge is -2.10. The van der Waals surface area contributed by atoms with Crippen molar-refractivity contribution >= 4 is 5.78 Å². The molecule has 17 heavy (non-hydrogen) atoms. The van der Waals surface area contributed by atoms with E-state index >= 15 is 0 Å². The Labute approximate surface area is 95.9 Å². The van der Waals surface area contributed by atoms with E-state index in [1.165, 1.54) is 0 Å². The van der Waals surface area contributed by atoms with Crippen molar-refractivity contribution in [3.8, 4) is 0 Å². The summed E-state index contributed by atoms with van der Waals surface area (Å²) in [4.78, 5) is 11.7. The van der Waals surface area contributed by atoms with E-state index < -0.39 is 23.5 Å². The molecule has 2 rings (SSSR count). The van der Waals surface area contributed by atoms with E-state index in [0.717, 1.165) is 0 Å². The number of ketones is 1. The van der Waals surface area contributed by atoms with Crippen LogP contribution in [0.2, 0.25) is 0 Å². The molecule has 1 unspecified atom stereocenters. The lowest BCUT2D eigenvalue weighted by Crippen LogP contribution is -2.21. The lowest BCUT2D eigenvalue weighted by atomic mass is 9.94. The van der Waals surface area contributed by atoms with Gasteiger partial charge in [-0.1, -0.05) is 30.3 Å². The molecule has 0 radical (unpaired) electrons. The van der Waals surface area contributed by atoms with Crippen molar-refractivity contribution in [1.82, 2.24) is 0 Å². The molecule has 0 heterocycles. The number of rotatable bonds is 1. The number of carbonyl (C=O) groups is 1. The molecule has 0 saturated carbocycles. The number of hydrogen-bond acceptors (Lipinski definition) is 2. The van der Waals surface area contributed by atoms with Crippen LogP contribution >= 0.6 is 0 Å². The Kier molecular flexibility index (Phi) is 2.69. The molecule has 0 fully saturated rings. The van der Waals surface area contributed by atoms with Crippen LogP contribution in [0.25, 0.3) is 0 Å². The van der Waals surface area contributed by atoms with Gasteiger partial charge in [-0.2, -0.15) is 13.2 Å². The number of halogens is 3. The Balaban J connectivity index is 2.34. The molecule has 1 aliphatic carbocycles. The summed E-state index contributed by atoms with van der Waals surface area (Å²) in [5.41, 5.74) is 4.34. The summed E-state index contributed by atoms with van der Waals surface area (Å²) < 4.78 is 37.8. The third-order valence-corrected chi connectivity index (χ3v) is 2.79.